The maximum atomic E-state index is 12.0. The van der Waals surface area contributed by atoms with Crippen molar-refractivity contribution in [2.45, 2.75) is 6.92 Å². The van der Waals surface area contributed by atoms with Crippen molar-refractivity contribution in [2.24, 2.45) is 0 Å². The number of nitrogens with one attached hydrogen (secondary N) is 1. The Kier molecular flexibility index (Phi) is 3.71. The number of carbonyl (C=O) groups is 1. The van der Waals surface area contributed by atoms with Crippen molar-refractivity contribution < 1.29 is 14.6 Å². The number of amides is 1. The molecular formula is C15H15NO3. The predicted molar refractivity (Wildman–Crippen MR) is 73.8 cm³/mol. The van der Waals surface area contributed by atoms with Crippen molar-refractivity contribution in [3.8, 4) is 11.5 Å². The Balaban J connectivity index is 2.18. The number of rotatable bonds is 3. The molecule has 2 N–H and O–H groups in total. The Morgan fingerprint density at radius 1 is 1.21 bits per heavy atom. The van der Waals surface area contributed by atoms with Crippen LogP contribution < -0.4 is 10.1 Å². The lowest BCUT2D eigenvalue weighted by Gasteiger charge is -2.08. The van der Waals surface area contributed by atoms with Gasteiger partial charge in [-0.3, -0.25) is 4.79 Å². The molecule has 2 rings (SSSR count). The zero-order valence-corrected chi connectivity index (χ0v) is 10.8. The van der Waals surface area contributed by atoms with Gasteiger partial charge in [-0.05, 0) is 42.8 Å². The normalized spacial score (nSPS) is 10.0. The Morgan fingerprint density at radius 2 is 2.00 bits per heavy atom. The van der Waals surface area contributed by atoms with Crippen LogP contribution in [0.3, 0.4) is 0 Å². The van der Waals surface area contributed by atoms with Crippen LogP contribution in [-0.4, -0.2) is 18.1 Å². The van der Waals surface area contributed by atoms with E-state index in [1.54, 1.807) is 50.4 Å². The van der Waals surface area contributed by atoms with Crippen LogP contribution >= 0.6 is 0 Å². The summed E-state index contributed by atoms with van der Waals surface area (Å²) >= 11 is 0. The fraction of sp³-hybridized carbons (Fsp3) is 0.133. The summed E-state index contributed by atoms with van der Waals surface area (Å²) in [4.78, 5) is 12.0. The number of hydrogen-bond donors (Lipinski definition) is 2. The van der Waals surface area contributed by atoms with Crippen LogP contribution in [-0.2, 0) is 0 Å². The van der Waals surface area contributed by atoms with Gasteiger partial charge in [-0.1, -0.05) is 6.07 Å². The first-order chi connectivity index (χ1) is 9.10. The molecule has 0 aliphatic carbocycles. The van der Waals surface area contributed by atoms with Crippen LogP contribution in [0, 0.1) is 6.92 Å². The highest BCUT2D eigenvalue weighted by Crippen LogP contribution is 2.20. The Labute approximate surface area is 111 Å². The van der Waals surface area contributed by atoms with E-state index in [0.717, 1.165) is 0 Å². The van der Waals surface area contributed by atoms with Gasteiger partial charge in [-0.25, -0.2) is 0 Å². The number of anilines is 1. The molecule has 0 fully saturated rings. The van der Waals surface area contributed by atoms with Gasteiger partial charge >= 0.3 is 0 Å². The van der Waals surface area contributed by atoms with E-state index >= 15 is 0 Å². The first kappa shape index (κ1) is 13.0. The second-order valence-corrected chi connectivity index (χ2v) is 4.19. The molecule has 0 atom stereocenters. The average molecular weight is 257 g/mol. The predicted octanol–water partition coefficient (Wildman–Crippen LogP) is 2.96. The van der Waals surface area contributed by atoms with E-state index in [0.29, 0.717) is 22.6 Å². The lowest BCUT2D eigenvalue weighted by atomic mass is 10.1. The summed E-state index contributed by atoms with van der Waals surface area (Å²) in [5.74, 6) is 0.633. The summed E-state index contributed by atoms with van der Waals surface area (Å²) in [7, 11) is 1.57. The lowest BCUT2D eigenvalue weighted by Crippen LogP contribution is -2.11. The van der Waals surface area contributed by atoms with Crippen LogP contribution in [0.15, 0.2) is 42.5 Å². The fourth-order valence-electron chi connectivity index (χ4n) is 1.70. The third kappa shape index (κ3) is 3.04. The Morgan fingerprint density at radius 3 is 2.68 bits per heavy atom. The zero-order valence-electron chi connectivity index (χ0n) is 10.8. The van der Waals surface area contributed by atoms with Gasteiger partial charge in [-0.15, -0.1) is 0 Å². The third-order valence-corrected chi connectivity index (χ3v) is 2.79. The van der Waals surface area contributed by atoms with Crippen molar-refractivity contribution in [2.75, 3.05) is 12.4 Å². The largest absolute Gasteiger partial charge is 0.508 e. The number of hydrogen-bond acceptors (Lipinski definition) is 3. The molecule has 0 saturated heterocycles. The Hall–Kier alpha value is -2.49. The smallest absolute Gasteiger partial charge is 0.255 e. The number of carbonyl (C=O) groups excluding carboxylic acids is 1. The number of aryl methyl sites for hydroxylation is 1. The molecule has 0 spiro atoms. The van der Waals surface area contributed by atoms with E-state index < -0.39 is 0 Å². The van der Waals surface area contributed by atoms with Crippen LogP contribution in [0.25, 0.3) is 0 Å². The molecule has 0 aromatic heterocycles. The minimum atomic E-state index is -0.226. The fourth-order valence-corrected chi connectivity index (χ4v) is 1.70. The highest BCUT2D eigenvalue weighted by molar-refractivity contribution is 6.04. The lowest BCUT2D eigenvalue weighted by molar-refractivity contribution is 0.102. The summed E-state index contributed by atoms with van der Waals surface area (Å²) < 4.78 is 5.09. The number of phenols is 1. The molecule has 1 amide bonds. The molecule has 4 nitrogen and oxygen atoms in total. The van der Waals surface area contributed by atoms with Crippen molar-refractivity contribution >= 4 is 11.6 Å². The average Bonchev–Trinajstić information content (AvgIpc) is 2.42. The SMILES string of the molecule is COc1cccc(NC(=O)c2ccc(O)c(C)c2)c1. The van der Waals surface area contributed by atoms with Crippen molar-refractivity contribution in [1.29, 1.82) is 0 Å². The monoisotopic (exact) mass is 257 g/mol. The van der Waals surface area contributed by atoms with Gasteiger partial charge in [0.2, 0.25) is 0 Å². The van der Waals surface area contributed by atoms with Gasteiger partial charge in [0, 0.05) is 17.3 Å². The van der Waals surface area contributed by atoms with Gasteiger partial charge in [0.05, 0.1) is 7.11 Å². The molecule has 0 unspecified atom stereocenters. The molecule has 4 heteroatoms. The highest BCUT2D eigenvalue weighted by Gasteiger charge is 2.08. The molecule has 19 heavy (non-hydrogen) atoms. The topological polar surface area (TPSA) is 58.6 Å². The van der Waals surface area contributed by atoms with Gasteiger partial charge in [0.15, 0.2) is 0 Å². The second kappa shape index (κ2) is 5.44. The summed E-state index contributed by atoms with van der Waals surface area (Å²) in [5.41, 5.74) is 1.83. The number of benzene rings is 2. The summed E-state index contributed by atoms with van der Waals surface area (Å²) in [6, 6.07) is 11.9. The molecule has 0 aliphatic rings. The maximum Gasteiger partial charge on any atom is 0.255 e. The standard InChI is InChI=1S/C15H15NO3/c1-10-8-11(6-7-14(10)17)15(18)16-12-4-3-5-13(9-12)19-2/h3-9,17H,1-2H3,(H,16,18). The molecule has 0 heterocycles. The van der Waals surface area contributed by atoms with Gasteiger partial charge < -0.3 is 15.2 Å². The number of ether oxygens (including phenoxy) is 1. The molecular weight excluding hydrogens is 242 g/mol. The van der Waals surface area contributed by atoms with E-state index in [-0.39, 0.29) is 11.7 Å². The van der Waals surface area contributed by atoms with Gasteiger partial charge in [0.25, 0.3) is 5.91 Å². The van der Waals surface area contributed by atoms with Crippen LogP contribution in [0.2, 0.25) is 0 Å². The first-order valence-corrected chi connectivity index (χ1v) is 5.85. The molecule has 0 aliphatic heterocycles. The molecule has 0 radical (unpaired) electrons. The summed E-state index contributed by atoms with van der Waals surface area (Å²) in [5, 5.41) is 12.2. The van der Waals surface area contributed by atoms with Crippen LogP contribution in [0.4, 0.5) is 5.69 Å². The van der Waals surface area contributed by atoms with E-state index in [1.165, 1.54) is 6.07 Å². The van der Waals surface area contributed by atoms with Crippen molar-refractivity contribution in [1.82, 2.24) is 0 Å². The van der Waals surface area contributed by atoms with Crippen LogP contribution in [0.1, 0.15) is 15.9 Å². The summed E-state index contributed by atoms with van der Waals surface area (Å²) in [6.07, 6.45) is 0. The minimum absolute atomic E-state index is 0.179. The molecule has 2 aromatic carbocycles. The first-order valence-electron chi connectivity index (χ1n) is 5.85. The van der Waals surface area contributed by atoms with Crippen LogP contribution in [0.5, 0.6) is 11.5 Å². The second-order valence-electron chi connectivity index (χ2n) is 4.19. The quantitative estimate of drug-likeness (QED) is 0.888. The van der Waals surface area contributed by atoms with Crippen molar-refractivity contribution in [3.63, 3.8) is 0 Å². The van der Waals surface area contributed by atoms with Crippen molar-refractivity contribution in [3.05, 3.63) is 53.6 Å². The molecule has 0 bridgehead atoms. The molecule has 0 saturated carbocycles. The number of aromatic hydroxyl groups is 1. The van der Waals surface area contributed by atoms with E-state index in [4.69, 9.17) is 4.74 Å². The van der Waals surface area contributed by atoms with E-state index in [2.05, 4.69) is 5.32 Å². The molecule has 2 aromatic rings. The molecule has 98 valence electrons. The van der Waals surface area contributed by atoms with E-state index in [9.17, 15) is 9.90 Å². The minimum Gasteiger partial charge on any atom is -0.508 e. The van der Waals surface area contributed by atoms with Gasteiger partial charge in [0.1, 0.15) is 11.5 Å². The Bertz CT molecular complexity index is 608. The van der Waals surface area contributed by atoms with E-state index in [1.807, 2.05) is 0 Å². The zero-order chi connectivity index (χ0) is 13.8. The third-order valence-electron chi connectivity index (χ3n) is 2.79. The summed E-state index contributed by atoms with van der Waals surface area (Å²) in [6.45, 7) is 1.75. The highest BCUT2D eigenvalue weighted by atomic mass is 16.5. The van der Waals surface area contributed by atoms with Gasteiger partial charge in [-0.2, -0.15) is 0 Å². The number of phenolic OH excluding ortho intramolecular Hbond substituents is 1. The number of methoxy groups -OCH3 is 1. The maximum absolute atomic E-state index is 12.0.